The topological polar surface area (TPSA) is 89.3 Å². The van der Waals surface area contributed by atoms with Gasteiger partial charge in [0.25, 0.3) is 5.91 Å². The predicted molar refractivity (Wildman–Crippen MR) is 50.6 cm³/mol. The second-order valence-electron chi connectivity index (χ2n) is 2.58. The number of amides is 1. The second kappa shape index (κ2) is 3.77. The standard InChI is InChI=1S/C8H9N2O3S/c1-10-8(11)6-2-4-7(5-3-6)14(9,12)13/h2-5H,1H2,(H,10,11)(H2,9,12,13). The van der Waals surface area contributed by atoms with E-state index in [9.17, 15) is 13.2 Å². The summed E-state index contributed by atoms with van der Waals surface area (Å²) in [4.78, 5) is 11.0. The summed E-state index contributed by atoms with van der Waals surface area (Å²) in [5, 5.41) is 7.04. The lowest BCUT2D eigenvalue weighted by Gasteiger charge is -2.00. The summed E-state index contributed by atoms with van der Waals surface area (Å²) < 4.78 is 21.7. The van der Waals surface area contributed by atoms with Crippen LogP contribution in [0.1, 0.15) is 10.4 Å². The SMILES string of the molecule is [CH2]NC(=O)c1ccc(S(N)(=O)=O)cc1. The van der Waals surface area contributed by atoms with E-state index in [-0.39, 0.29) is 10.8 Å². The van der Waals surface area contributed by atoms with Crippen LogP contribution in [-0.4, -0.2) is 14.3 Å². The Labute approximate surface area is 82.0 Å². The molecule has 0 aromatic heterocycles. The molecule has 75 valence electrons. The van der Waals surface area contributed by atoms with Crippen LogP contribution in [0.25, 0.3) is 0 Å². The van der Waals surface area contributed by atoms with Gasteiger partial charge in [-0.25, -0.2) is 13.6 Å². The smallest absolute Gasteiger partial charge is 0.251 e. The van der Waals surface area contributed by atoms with E-state index in [0.29, 0.717) is 5.56 Å². The highest BCUT2D eigenvalue weighted by Gasteiger charge is 2.08. The van der Waals surface area contributed by atoms with Gasteiger partial charge in [0.05, 0.1) is 4.90 Å². The molecule has 0 unspecified atom stereocenters. The van der Waals surface area contributed by atoms with Crippen molar-refractivity contribution in [1.82, 2.24) is 5.32 Å². The van der Waals surface area contributed by atoms with Gasteiger partial charge in [0.15, 0.2) is 0 Å². The molecular formula is C8H9N2O3S. The lowest BCUT2D eigenvalue weighted by Crippen LogP contribution is -2.16. The fourth-order valence-electron chi connectivity index (χ4n) is 0.898. The van der Waals surface area contributed by atoms with Gasteiger partial charge in [-0.3, -0.25) is 4.79 Å². The first kappa shape index (κ1) is 10.7. The molecule has 1 rings (SSSR count). The number of hydrogen-bond donors (Lipinski definition) is 2. The molecule has 0 saturated carbocycles. The molecule has 1 aromatic rings. The Balaban J connectivity index is 3.07. The largest absolute Gasteiger partial charge is 0.350 e. The lowest BCUT2D eigenvalue weighted by atomic mass is 10.2. The van der Waals surface area contributed by atoms with Crippen molar-refractivity contribution in [3.8, 4) is 0 Å². The molecule has 1 amide bonds. The monoisotopic (exact) mass is 213 g/mol. The van der Waals surface area contributed by atoms with E-state index in [1.165, 1.54) is 24.3 Å². The molecule has 0 spiro atoms. The average Bonchev–Trinajstić information content (AvgIpc) is 2.15. The van der Waals surface area contributed by atoms with Crippen molar-refractivity contribution in [2.24, 2.45) is 5.14 Å². The van der Waals surface area contributed by atoms with E-state index in [1.54, 1.807) is 0 Å². The van der Waals surface area contributed by atoms with Crippen molar-refractivity contribution in [2.45, 2.75) is 4.90 Å². The van der Waals surface area contributed by atoms with Crippen molar-refractivity contribution in [3.63, 3.8) is 0 Å². The number of sulfonamides is 1. The zero-order valence-corrected chi connectivity index (χ0v) is 8.04. The molecule has 0 aliphatic rings. The molecule has 5 nitrogen and oxygen atoms in total. The van der Waals surface area contributed by atoms with Crippen molar-refractivity contribution >= 4 is 15.9 Å². The van der Waals surface area contributed by atoms with E-state index < -0.39 is 10.0 Å². The maximum absolute atomic E-state index is 11.0. The van der Waals surface area contributed by atoms with Crippen LogP contribution in [0.2, 0.25) is 0 Å². The number of nitrogens with two attached hydrogens (primary N) is 1. The summed E-state index contributed by atoms with van der Waals surface area (Å²) >= 11 is 0. The van der Waals surface area contributed by atoms with Crippen molar-refractivity contribution in [2.75, 3.05) is 0 Å². The third-order valence-electron chi connectivity index (χ3n) is 1.61. The molecule has 0 aliphatic carbocycles. The Kier molecular flexibility index (Phi) is 2.87. The molecule has 0 aliphatic heterocycles. The summed E-state index contributed by atoms with van der Waals surface area (Å²) in [7, 11) is -0.509. The van der Waals surface area contributed by atoms with Crippen LogP contribution < -0.4 is 10.5 Å². The Bertz CT molecular complexity index is 436. The molecule has 0 saturated heterocycles. The number of carbonyl (C=O) groups is 1. The van der Waals surface area contributed by atoms with Gasteiger partial charge in [0.1, 0.15) is 0 Å². The van der Waals surface area contributed by atoms with Crippen LogP contribution in [-0.2, 0) is 10.0 Å². The normalized spacial score (nSPS) is 11.0. The molecule has 6 heteroatoms. The van der Waals surface area contributed by atoms with Crippen LogP contribution >= 0.6 is 0 Å². The Morgan fingerprint density at radius 2 is 1.79 bits per heavy atom. The molecular weight excluding hydrogens is 204 g/mol. The van der Waals surface area contributed by atoms with E-state index >= 15 is 0 Å². The van der Waals surface area contributed by atoms with E-state index in [1.807, 2.05) is 0 Å². The summed E-state index contributed by atoms with van der Waals surface area (Å²) in [5.74, 6) is -0.383. The summed E-state index contributed by atoms with van der Waals surface area (Å²) in [6.07, 6.45) is 0. The van der Waals surface area contributed by atoms with Gasteiger partial charge < -0.3 is 5.32 Å². The van der Waals surface area contributed by atoms with Crippen LogP contribution in [0.15, 0.2) is 29.2 Å². The first-order chi connectivity index (χ1) is 6.45. The fraction of sp³-hybridized carbons (Fsp3) is 0. The van der Waals surface area contributed by atoms with Gasteiger partial charge in [-0.1, -0.05) is 0 Å². The Morgan fingerprint density at radius 3 is 2.14 bits per heavy atom. The number of rotatable bonds is 2. The summed E-state index contributed by atoms with van der Waals surface area (Å²) in [5.41, 5.74) is 0.326. The molecule has 1 radical (unpaired) electrons. The van der Waals surface area contributed by atoms with Crippen molar-refractivity contribution in [1.29, 1.82) is 0 Å². The Hall–Kier alpha value is -1.40. The first-order valence-corrected chi connectivity index (χ1v) is 5.20. The van der Waals surface area contributed by atoms with Gasteiger partial charge in [0, 0.05) is 12.6 Å². The van der Waals surface area contributed by atoms with Gasteiger partial charge in [-0.15, -0.1) is 0 Å². The number of nitrogens with one attached hydrogen (secondary N) is 1. The number of hydrogen-bond acceptors (Lipinski definition) is 3. The molecule has 0 bridgehead atoms. The summed E-state index contributed by atoms with van der Waals surface area (Å²) in [6, 6.07) is 5.25. The zero-order chi connectivity index (χ0) is 10.8. The highest BCUT2D eigenvalue weighted by atomic mass is 32.2. The maximum atomic E-state index is 11.0. The van der Waals surface area contributed by atoms with Crippen molar-refractivity contribution < 1.29 is 13.2 Å². The number of primary sulfonamides is 1. The first-order valence-electron chi connectivity index (χ1n) is 3.65. The van der Waals surface area contributed by atoms with Gasteiger partial charge >= 0.3 is 0 Å². The van der Waals surface area contributed by atoms with E-state index in [0.717, 1.165) is 0 Å². The van der Waals surface area contributed by atoms with Crippen LogP contribution in [0, 0.1) is 7.05 Å². The minimum Gasteiger partial charge on any atom is -0.350 e. The van der Waals surface area contributed by atoms with Crippen molar-refractivity contribution in [3.05, 3.63) is 36.9 Å². The fourth-order valence-corrected chi connectivity index (χ4v) is 1.41. The van der Waals surface area contributed by atoms with E-state index in [2.05, 4.69) is 12.4 Å². The van der Waals surface area contributed by atoms with Gasteiger partial charge in [-0.2, -0.15) is 0 Å². The Morgan fingerprint density at radius 1 is 1.29 bits per heavy atom. The molecule has 0 heterocycles. The highest BCUT2D eigenvalue weighted by molar-refractivity contribution is 7.89. The summed E-state index contributed by atoms with van der Waals surface area (Å²) in [6.45, 7) is 0. The molecule has 1 aromatic carbocycles. The highest BCUT2D eigenvalue weighted by Crippen LogP contribution is 2.08. The third kappa shape index (κ3) is 2.30. The van der Waals surface area contributed by atoms with Crippen LogP contribution in [0.3, 0.4) is 0 Å². The minimum atomic E-state index is -3.70. The molecule has 0 fully saturated rings. The maximum Gasteiger partial charge on any atom is 0.251 e. The van der Waals surface area contributed by atoms with Gasteiger partial charge in [0.2, 0.25) is 10.0 Å². The molecule has 3 N–H and O–H groups in total. The van der Waals surface area contributed by atoms with E-state index in [4.69, 9.17) is 5.14 Å². The number of carbonyl (C=O) groups excluding carboxylic acids is 1. The van der Waals surface area contributed by atoms with Gasteiger partial charge in [-0.05, 0) is 24.3 Å². The zero-order valence-electron chi connectivity index (χ0n) is 7.23. The quantitative estimate of drug-likeness (QED) is 0.716. The third-order valence-corrected chi connectivity index (χ3v) is 2.53. The lowest BCUT2D eigenvalue weighted by molar-refractivity contribution is 0.0969. The average molecular weight is 213 g/mol. The molecule has 0 atom stereocenters. The van der Waals surface area contributed by atoms with Crippen LogP contribution in [0.5, 0.6) is 0 Å². The molecule has 14 heavy (non-hydrogen) atoms. The number of benzene rings is 1. The predicted octanol–water partition coefficient (Wildman–Crippen LogP) is -0.145. The van der Waals surface area contributed by atoms with Crippen LogP contribution in [0.4, 0.5) is 0 Å². The second-order valence-corrected chi connectivity index (χ2v) is 4.14. The minimum absolute atomic E-state index is 0.0295.